The molecule has 1 aliphatic rings. The molecule has 1 fully saturated rings. The van der Waals surface area contributed by atoms with Crippen LogP contribution in [0.1, 0.15) is 25.1 Å². The van der Waals surface area contributed by atoms with Crippen molar-refractivity contribution >= 4 is 0 Å². The van der Waals surface area contributed by atoms with Gasteiger partial charge in [0, 0.05) is 19.6 Å². The van der Waals surface area contributed by atoms with Gasteiger partial charge in [0.15, 0.2) is 0 Å². The fraction of sp³-hybridized carbons (Fsp3) is 0.636. The molecule has 4 nitrogen and oxygen atoms in total. The van der Waals surface area contributed by atoms with Crippen molar-refractivity contribution in [2.45, 2.75) is 25.0 Å². The molecule has 4 heteroatoms. The predicted octanol–water partition coefficient (Wildman–Crippen LogP) is 1.08. The van der Waals surface area contributed by atoms with Gasteiger partial charge >= 0.3 is 0 Å². The maximum Gasteiger partial charge on any atom is 0.120 e. The first kappa shape index (κ1) is 10.7. The first-order valence-corrected chi connectivity index (χ1v) is 5.27. The monoisotopic (exact) mass is 211 g/mol. The molecule has 2 unspecified atom stereocenters. The molecule has 2 rings (SSSR count). The summed E-state index contributed by atoms with van der Waals surface area (Å²) in [6.07, 6.45) is 2.35. The zero-order chi connectivity index (χ0) is 10.7. The van der Waals surface area contributed by atoms with Crippen LogP contribution in [0.3, 0.4) is 0 Å². The molecule has 0 saturated carbocycles. The first-order valence-electron chi connectivity index (χ1n) is 5.27. The van der Waals surface area contributed by atoms with Gasteiger partial charge in [0.05, 0.1) is 18.9 Å². The normalized spacial score (nSPS) is 28.1. The third-order valence-electron chi connectivity index (χ3n) is 2.79. The van der Waals surface area contributed by atoms with E-state index >= 15 is 0 Å². The number of aliphatic hydroxyl groups is 1. The summed E-state index contributed by atoms with van der Waals surface area (Å²) < 4.78 is 10.4. The second kappa shape index (κ2) is 4.35. The predicted molar refractivity (Wildman–Crippen MR) is 55.5 cm³/mol. The lowest BCUT2D eigenvalue weighted by molar-refractivity contribution is 0.0247. The smallest absolute Gasteiger partial charge is 0.120 e. The molecule has 1 aromatic rings. The number of rotatable bonds is 4. The first-order chi connectivity index (χ1) is 7.20. The van der Waals surface area contributed by atoms with Gasteiger partial charge in [0.1, 0.15) is 11.4 Å². The summed E-state index contributed by atoms with van der Waals surface area (Å²) in [5.74, 6) is 0.887. The molecule has 0 bridgehead atoms. The van der Waals surface area contributed by atoms with Crippen LogP contribution in [-0.2, 0) is 4.74 Å². The highest BCUT2D eigenvalue weighted by Gasteiger charge is 2.32. The van der Waals surface area contributed by atoms with Crippen LogP contribution in [0.5, 0.6) is 0 Å². The van der Waals surface area contributed by atoms with E-state index < -0.39 is 5.60 Å². The lowest BCUT2D eigenvalue weighted by Gasteiger charge is -2.22. The SMILES string of the molecule is CC(NCC1(O)CCOC1)c1ccco1. The van der Waals surface area contributed by atoms with E-state index in [1.807, 2.05) is 19.1 Å². The Morgan fingerprint density at radius 2 is 2.53 bits per heavy atom. The van der Waals surface area contributed by atoms with Crippen LogP contribution in [0, 0.1) is 0 Å². The van der Waals surface area contributed by atoms with E-state index in [0.717, 1.165) is 5.76 Å². The van der Waals surface area contributed by atoms with E-state index in [0.29, 0.717) is 26.2 Å². The minimum absolute atomic E-state index is 0.115. The molecule has 0 radical (unpaired) electrons. The molecular weight excluding hydrogens is 194 g/mol. The largest absolute Gasteiger partial charge is 0.468 e. The van der Waals surface area contributed by atoms with E-state index in [1.165, 1.54) is 0 Å². The van der Waals surface area contributed by atoms with Gasteiger partial charge in [-0.3, -0.25) is 0 Å². The molecule has 84 valence electrons. The van der Waals surface area contributed by atoms with Gasteiger partial charge < -0.3 is 19.6 Å². The van der Waals surface area contributed by atoms with Crippen LogP contribution in [0.2, 0.25) is 0 Å². The van der Waals surface area contributed by atoms with Gasteiger partial charge in [-0.25, -0.2) is 0 Å². The molecule has 0 spiro atoms. The molecule has 1 aromatic heterocycles. The van der Waals surface area contributed by atoms with Crippen molar-refractivity contribution in [2.24, 2.45) is 0 Å². The van der Waals surface area contributed by atoms with Crippen LogP contribution in [0.15, 0.2) is 22.8 Å². The van der Waals surface area contributed by atoms with Gasteiger partial charge in [0.2, 0.25) is 0 Å². The Morgan fingerprint density at radius 3 is 3.13 bits per heavy atom. The van der Waals surface area contributed by atoms with E-state index in [9.17, 15) is 5.11 Å². The van der Waals surface area contributed by atoms with Crippen LogP contribution in [0.4, 0.5) is 0 Å². The minimum Gasteiger partial charge on any atom is -0.468 e. The van der Waals surface area contributed by atoms with Crippen molar-refractivity contribution in [2.75, 3.05) is 19.8 Å². The summed E-state index contributed by atoms with van der Waals surface area (Å²) in [5, 5.41) is 13.3. The fourth-order valence-electron chi connectivity index (χ4n) is 1.72. The zero-order valence-electron chi connectivity index (χ0n) is 8.90. The number of ether oxygens (including phenoxy) is 1. The third-order valence-corrected chi connectivity index (χ3v) is 2.79. The summed E-state index contributed by atoms with van der Waals surface area (Å²) in [6.45, 7) is 3.62. The van der Waals surface area contributed by atoms with Crippen molar-refractivity contribution in [1.82, 2.24) is 5.32 Å². The van der Waals surface area contributed by atoms with Crippen molar-refractivity contribution in [3.05, 3.63) is 24.2 Å². The van der Waals surface area contributed by atoms with Gasteiger partial charge in [-0.15, -0.1) is 0 Å². The van der Waals surface area contributed by atoms with Crippen LogP contribution < -0.4 is 5.32 Å². The molecular formula is C11H17NO3. The van der Waals surface area contributed by atoms with Crippen LogP contribution in [0.25, 0.3) is 0 Å². The van der Waals surface area contributed by atoms with E-state index in [-0.39, 0.29) is 6.04 Å². The maximum absolute atomic E-state index is 10.0. The molecule has 1 aliphatic heterocycles. The highest BCUT2D eigenvalue weighted by atomic mass is 16.5. The lowest BCUT2D eigenvalue weighted by Crippen LogP contribution is -2.41. The topological polar surface area (TPSA) is 54.6 Å². The number of nitrogens with one attached hydrogen (secondary N) is 1. The molecule has 0 aromatic carbocycles. The summed E-state index contributed by atoms with van der Waals surface area (Å²) >= 11 is 0. The Morgan fingerprint density at radius 1 is 1.67 bits per heavy atom. The molecule has 1 saturated heterocycles. The summed E-state index contributed by atoms with van der Waals surface area (Å²) in [6, 6.07) is 3.90. The Bertz CT molecular complexity index is 291. The van der Waals surface area contributed by atoms with Crippen LogP contribution in [-0.4, -0.2) is 30.5 Å². The summed E-state index contributed by atoms with van der Waals surface area (Å²) in [5.41, 5.74) is -0.707. The van der Waals surface area contributed by atoms with Crippen LogP contribution >= 0.6 is 0 Å². The number of hydrogen-bond donors (Lipinski definition) is 2. The average molecular weight is 211 g/mol. The van der Waals surface area contributed by atoms with Crippen molar-refractivity contribution in [1.29, 1.82) is 0 Å². The van der Waals surface area contributed by atoms with Gasteiger partial charge in [-0.2, -0.15) is 0 Å². The highest BCUT2D eigenvalue weighted by molar-refractivity contribution is 5.03. The number of hydrogen-bond acceptors (Lipinski definition) is 4. The van der Waals surface area contributed by atoms with Gasteiger partial charge in [0.25, 0.3) is 0 Å². The van der Waals surface area contributed by atoms with Crippen molar-refractivity contribution < 1.29 is 14.3 Å². The molecule has 0 aliphatic carbocycles. The Hall–Kier alpha value is -0.840. The standard InChI is InChI=1S/C11H17NO3/c1-9(10-3-2-5-15-10)12-7-11(13)4-6-14-8-11/h2-3,5,9,12-13H,4,6-8H2,1H3. The van der Waals surface area contributed by atoms with E-state index in [2.05, 4.69) is 5.32 Å². The zero-order valence-corrected chi connectivity index (χ0v) is 8.90. The Kier molecular flexibility index (Phi) is 3.09. The van der Waals surface area contributed by atoms with Gasteiger partial charge in [-0.05, 0) is 19.1 Å². The molecule has 2 atom stereocenters. The highest BCUT2D eigenvalue weighted by Crippen LogP contribution is 2.19. The number of furan rings is 1. The summed E-state index contributed by atoms with van der Waals surface area (Å²) in [4.78, 5) is 0. The fourth-order valence-corrected chi connectivity index (χ4v) is 1.72. The quantitative estimate of drug-likeness (QED) is 0.782. The molecule has 2 N–H and O–H groups in total. The third kappa shape index (κ3) is 2.59. The lowest BCUT2D eigenvalue weighted by atomic mass is 10.0. The van der Waals surface area contributed by atoms with Crippen molar-refractivity contribution in [3.8, 4) is 0 Å². The van der Waals surface area contributed by atoms with Gasteiger partial charge in [-0.1, -0.05) is 0 Å². The maximum atomic E-state index is 10.0. The Balaban J connectivity index is 1.83. The van der Waals surface area contributed by atoms with Crippen molar-refractivity contribution in [3.63, 3.8) is 0 Å². The second-order valence-electron chi connectivity index (χ2n) is 4.14. The minimum atomic E-state index is -0.707. The summed E-state index contributed by atoms with van der Waals surface area (Å²) in [7, 11) is 0. The average Bonchev–Trinajstić information content (AvgIpc) is 2.85. The Labute approximate surface area is 89.2 Å². The van der Waals surface area contributed by atoms with E-state index in [1.54, 1.807) is 6.26 Å². The van der Waals surface area contributed by atoms with E-state index in [4.69, 9.17) is 9.15 Å². The molecule has 2 heterocycles. The molecule has 15 heavy (non-hydrogen) atoms. The molecule has 0 amide bonds. The second-order valence-corrected chi connectivity index (χ2v) is 4.14.